The summed E-state index contributed by atoms with van der Waals surface area (Å²) < 4.78 is 0. The first-order chi connectivity index (χ1) is 14.1. The van der Waals surface area contributed by atoms with Crippen molar-refractivity contribution in [3.05, 3.63) is 87.7 Å². The highest BCUT2D eigenvalue weighted by molar-refractivity contribution is 6.07. The Bertz CT molecular complexity index is 1150. The summed E-state index contributed by atoms with van der Waals surface area (Å²) in [6.45, 7) is 0.559. The van der Waals surface area contributed by atoms with Gasteiger partial charge in [0.1, 0.15) is 5.69 Å². The second kappa shape index (κ2) is 7.40. The smallest absolute Gasteiger partial charge is 0.293 e. The first-order valence-electron chi connectivity index (χ1n) is 8.87. The van der Waals surface area contributed by atoms with E-state index in [1.54, 1.807) is 35.5 Å². The van der Waals surface area contributed by atoms with Gasteiger partial charge in [0.2, 0.25) is 0 Å². The molecule has 2 aromatic carbocycles. The first-order valence-corrected chi connectivity index (χ1v) is 8.87. The van der Waals surface area contributed by atoms with Crippen LogP contribution in [0.2, 0.25) is 0 Å². The number of nitrogens with one attached hydrogen (secondary N) is 1. The van der Waals surface area contributed by atoms with E-state index in [4.69, 9.17) is 5.26 Å². The molecule has 0 fully saturated rings. The van der Waals surface area contributed by atoms with Gasteiger partial charge in [-0.25, -0.2) is 0 Å². The van der Waals surface area contributed by atoms with Crippen molar-refractivity contribution in [2.75, 3.05) is 16.8 Å². The lowest BCUT2D eigenvalue weighted by atomic mass is 10.1. The highest BCUT2D eigenvalue weighted by Gasteiger charge is 2.26. The third-order valence-electron chi connectivity index (χ3n) is 4.73. The van der Waals surface area contributed by atoms with Crippen LogP contribution in [0.3, 0.4) is 0 Å². The van der Waals surface area contributed by atoms with Crippen molar-refractivity contribution in [3.8, 4) is 6.07 Å². The molecule has 1 aromatic heterocycles. The van der Waals surface area contributed by atoms with Crippen molar-refractivity contribution in [2.45, 2.75) is 6.42 Å². The molecule has 0 aliphatic carbocycles. The summed E-state index contributed by atoms with van der Waals surface area (Å²) in [6.07, 6.45) is 3.85. The highest BCUT2D eigenvalue weighted by Crippen LogP contribution is 2.34. The van der Waals surface area contributed by atoms with Crippen LogP contribution in [0.5, 0.6) is 0 Å². The number of hydrogen-bond donors (Lipinski definition) is 1. The largest absolute Gasteiger partial charge is 0.350 e. The number of nitro groups is 1. The lowest BCUT2D eigenvalue weighted by Crippen LogP contribution is -2.28. The number of rotatable bonds is 4. The average molecular weight is 385 g/mol. The number of fused-ring (bicyclic) bond motifs is 1. The van der Waals surface area contributed by atoms with Crippen molar-refractivity contribution < 1.29 is 9.72 Å². The topological polar surface area (TPSA) is 112 Å². The molecule has 2 heterocycles. The molecule has 0 saturated heterocycles. The molecule has 1 aliphatic heterocycles. The Morgan fingerprint density at radius 1 is 1.24 bits per heavy atom. The summed E-state index contributed by atoms with van der Waals surface area (Å²) in [7, 11) is 0. The van der Waals surface area contributed by atoms with Gasteiger partial charge in [0.15, 0.2) is 0 Å². The van der Waals surface area contributed by atoms with E-state index in [1.807, 2.05) is 18.2 Å². The molecule has 0 unspecified atom stereocenters. The maximum absolute atomic E-state index is 12.7. The average Bonchev–Trinajstić information content (AvgIpc) is 3.17. The van der Waals surface area contributed by atoms with Crippen LogP contribution in [0.4, 0.5) is 22.7 Å². The second-order valence-electron chi connectivity index (χ2n) is 6.52. The number of nitrogens with zero attached hydrogens (tertiary/aromatic N) is 4. The predicted molar refractivity (Wildman–Crippen MR) is 107 cm³/mol. The number of aromatic nitrogens is 1. The number of carbonyl (C=O) groups is 1. The van der Waals surface area contributed by atoms with Gasteiger partial charge in [-0.2, -0.15) is 5.26 Å². The van der Waals surface area contributed by atoms with Crippen molar-refractivity contribution >= 4 is 28.7 Å². The van der Waals surface area contributed by atoms with Crippen molar-refractivity contribution in [2.24, 2.45) is 0 Å². The Kier molecular flexibility index (Phi) is 4.63. The van der Waals surface area contributed by atoms with Gasteiger partial charge in [0.05, 0.1) is 22.1 Å². The van der Waals surface area contributed by atoms with E-state index in [-0.39, 0.29) is 17.2 Å². The van der Waals surface area contributed by atoms with Crippen molar-refractivity contribution in [1.29, 1.82) is 5.26 Å². The molecule has 1 amide bonds. The Morgan fingerprint density at radius 2 is 2.10 bits per heavy atom. The number of amides is 1. The quantitative estimate of drug-likeness (QED) is 0.540. The molecule has 3 aromatic rings. The summed E-state index contributed by atoms with van der Waals surface area (Å²) in [5.41, 5.74) is 3.35. The Balaban J connectivity index is 1.60. The fourth-order valence-electron chi connectivity index (χ4n) is 3.35. The summed E-state index contributed by atoms with van der Waals surface area (Å²) in [5, 5.41) is 23.3. The predicted octanol–water partition coefficient (Wildman–Crippen LogP) is 3.81. The van der Waals surface area contributed by atoms with Gasteiger partial charge in [-0.3, -0.25) is 19.9 Å². The van der Waals surface area contributed by atoms with Crippen LogP contribution in [0.1, 0.15) is 21.5 Å². The van der Waals surface area contributed by atoms with E-state index < -0.39 is 4.92 Å². The van der Waals surface area contributed by atoms with E-state index >= 15 is 0 Å². The minimum absolute atomic E-state index is 0.111. The zero-order chi connectivity index (χ0) is 20.4. The zero-order valence-electron chi connectivity index (χ0n) is 15.2. The number of nitriles is 1. The normalized spacial score (nSPS) is 12.2. The third-order valence-corrected chi connectivity index (χ3v) is 4.73. The Hall–Kier alpha value is -4.25. The first kappa shape index (κ1) is 18.1. The molecule has 4 rings (SSSR count). The van der Waals surface area contributed by atoms with Crippen LogP contribution in [0, 0.1) is 21.4 Å². The van der Waals surface area contributed by atoms with Gasteiger partial charge < -0.3 is 10.2 Å². The van der Waals surface area contributed by atoms with Gasteiger partial charge >= 0.3 is 0 Å². The van der Waals surface area contributed by atoms with Crippen LogP contribution in [0.25, 0.3) is 0 Å². The standard InChI is InChI=1S/C21H15N5O3/c22-12-14-3-5-18(20(10-14)26(28)29)24-17-4-6-19-15(11-17)7-9-25(19)21(27)16-2-1-8-23-13-16/h1-6,8,10-11,13,24H,7,9H2. The SMILES string of the molecule is N#Cc1ccc(Nc2ccc3c(c2)CCN3C(=O)c2cccnc2)c([N+](=O)[O-])c1. The maximum Gasteiger partial charge on any atom is 0.293 e. The van der Waals surface area contributed by atoms with Gasteiger partial charge in [-0.05, 0) is 54.4 Å². The van der Waals surface area contributed by atoms with Crippen LogP contribution in [-0.2, 0) is 6.42 Å². The molecule has 0 bridgehead atoms. The molecule has 1 aliphatic rings. The number of carbonyl (C=O) groups excluding carboxylic acids is 1. The van der Waals surface area contributed by atoms with Gasteiger partial charge in [0.25, 0.3) is 11.6 Å². The van der Waals surface area contributed by atoms with Gasteiger partial charge in [-0.15, -0.1) is 0 Å². The summed E-state index contributed by atoms with van der Waals surface area (Å²) in [5.74, 6) is -0.111. The van der Waals surface area contributed by atoms with Crippen LogP contribution >= 0.6 is 0 Å². The molecule has 8 nitrogen and oxygen atoms in total. The zero-order valence-corrected chi connectivity index (χ0v) is 15.2. The number of pyridine rings is 1. The van der Waals surface area contributed by atoms with E-state index in [0.717, 1.165) is 11.3 Å². The molecule has 0 atom stereocenters. The fourth-order valence-corrected chi connectivity index (χ4v) is 3.35. The summed E-state index contributed by atoms with van der Waals surface area (Å²) >= 11 is 0. The minimum atomic E-state index is -0.523. The van der Waals surface area contributed by atoms with Crippen LogP contribution < -0.4 is 10.2 Å². The van der Waals surface area contributed by atoms with Gasteiger partial charge in [-0.1, -0.05) is 0 Å². The number of nitro benzene ring substituents is 1. The minimum Gasteiger partial charge on any atom is -0.350 e. The monoisotopic (exact) mass is 385 g/mol. The van der Waals surface area contributed by atoms with Crippen LogP contribution in [-0.4, -0.2) is 22.4 Å². The highest BCUT2D eigenvalue weighted by atomic mass is 16.6. The molecule has 0 saturated carbocycles. The second-order valence-corrected chi connectivity index (χ2v) is 6.52. The van der Waals surface area contributed by atoms with E-state index in [0.29, 0.717) is 29.9 Å². The Labute approximate surface area is 166 Å². The summed E-state index contributed by atoms with van der Waals surface area (Å²) in [4.78, 5) is 29.2. The molecule has 142 valence electrons. The van der Waals surface area contributed by atoms with Crippen molar-refractivity contribution in [3.63, 3.8) is 0 Å². The fraction of sp³-hybridized carbons (Fsp3) is 0.0952. The maximum atomic E-state index is 12.7. The number of benzene rings is 2. The van der Waals surface area contributed by atoms with Gasteiger partial charge in [0, 0.05) is 36.4 Å². The molecule has 8 heteroatoms. The molecule has 0 spiro atoms. The number of hydrogen-bond acceptors (Lipinski definition) is 6. The van der Waals surface area contributed by atoms with E-state index in [2.05, 4.69) is 10.3 Å². The molecule has 29 heavy (non-hydrogen) atoms. The molecular formula is C21H15N5O3. The number of anilines is 3. The lowest BCUT2D eigenvalue weighted by Gasteiger charge is -2.17. The van der Waals surface area contributed by atoms with E-state index in [9.17, 15) is 14.9 Å². The Morgan fingerprint density at radius 3 is 2.83 bits per heavy atom. The molecule has 0 radical (unpaired) electrons. The van der Waals surface area contributed by atoms with E-state index in [1.165, 1.54) is 18.2 Å². The third kappa shape index (κ3) is 3.49. The molecular weight excluding hydrogens is 370 g/mol. The van der Waals surface area contributed by atoms with Crippen molar-refractivity contribution in [1.82, 2.24) is 4.98 Å². The lowest BCUT2D eigenvalue weighted by molar-refractivity contribution is -0.383. The summed E-state index contributed by atoms with van der Waals surface area (Å²) in [6, 6.07) is 15.1. The molecule has 1 N–H and O–H groups in total. The van der Waals surface area contributed by atoms with Crippen LogP contribution in [0.15, 0.2) is 60.9 Å².